The third kappa shape index (κ3) is 8.17. The minimum atomic E-state index is -0.660. The fourth-order valence-electron chi connectivity index (χ4n) is 4.20. The number of carbonyl (C=O) groups is 3. The maximum atomic E-state index is 13.0. The van der Waals surface area contributed by atoms with Crippen LogP contribution in [0.5, 0.6) is 0 Å². The molecule has 1 aromatic heterocycles. The molecule has 3 aromatic rings. The van der Waals surface area contributed by atoms with E-state index in [4.69, 9.17) is 27.9 Å². The molecule has 2 atom stereocenters. The fraction of sp³-hybridized carbons (Fsp3) is 0.357. The summed E-state index contributed by atoms with van der Waals surface area (Å²) in [6.07, 6.45) is 1.44. The highest BCUT2D eigenvalue weighted by Crippen LogP contribution is 2.31. The monoisotopic (exact) mass is 588 g/mol. The number of alkyl carbamates (subject to hydrolysis) is 1. The van der Waals surface area contributed by atoms with Gasteiger partial charge in [0.1, 0.15) is 5.60 Å². The molecule has 206 valence electrons. The maximum Gasteiger partial charge on any atom is 0.408 e. The SMILES string of the molecule is CC(C)(C)OC(=O)NC(CC(=O)Nc1nc2c(s1)C[C@@H](NC(=O)c1ccc(Cl)c(Cl)c1)CC2)c1ccccc1. The average molecular weight is 590 g/mol. The van der Waals surface area contributed by atoms with E-state index in [9.17, 15) is 14.4 Å². The smallest absolute Gasteiger partial charge is 0.408 e. The standard InChI is InChI=1S/C28H30Cl2N4O4S/c1-28(2,3)38-27(37)33-22(16-7-5-4-6-8-16)15-24(35)34-26-32-21-12-10-18(14-23(21)39-26)31-25(36)17-9-11-19(29)20(30)13-17/h4-9,11,13,18,22H,10,12,14-15H2,1-3H3,(H,31,36)(H,33,37)(H,32,34,35)/t18-,22?/m0/s1. The lowest BCUT2D eigenvalue weighted by atomic mass is 9.97. The van der Waals surface area contributed by atoms with Gasteiger partial charge in [0.2, 0.25) is 5.91 Å². The highest BCUT2D eigenvalue weighted by molar-refractivity contribution is 7.15. The minimum Gasteiger partial charge on any atom is -0.444 e. The molecule has 3 N–H and O–H groups in total. The third-order valence-electron chi connectivity index (χ3n) is 5.99. The normalized spacial score (nSPS) is 15.6. The zero-order chi connectivity index (χ0) is 28.2. The number of hydrogen-bond donors (Lipinski definition) is 3. The van der Waals surface area contributed by atoms with Crippen molar-refractivity contribution < 1.29 is 19.1 Å². The first-order valence-corrected chi connectivity index (χ1v) is 14.1. The second-order valence-corrected chi connectivity index (χ2v) is 12.2. The first kappa shape index (κ1) is 28.9. The molecule has 0 saturated carbocycles. The lowest BCUT2D eigenvalue weighted by Gasteiger charge is -2.23. The predicted molar refractivity (Wildman–Crippen MR) is 154 cm³/mol. The first-order chi connectivity index (χ1) is 18.5. The number of benzene rings is 2. The van der Waals surface area contributed by atoms with Crippen LogP contribution in [0, 0.1) is 0 Å². The molecular weight excluding hydrogens is 559 g/mol. The van der Waals surface area contributed by atoms with E-state index in [1.807, 2.05) is 30.3 Å². The second kappa shape index (κ2) is 12.4. The molecule has 8 nitrogen and oxygen atoms in total. The van der Waals surface area contributed by atoms with Crippen molar-refractivity contribution in [2.24, 2.45) is 0 Å². The highest BCUT2D eigenvalue weighted by atomic mass is 35.5. The van der Waals surface area contributed by atoms with Gasteiger partial charge in [0.15, 0.2) is 5.13 Å². The topological polar surface area (TPSA) is 109 Å². The number of halogens is 2. The molecule has 0 radical (unpaired) electrons. The number of ether oxygens (including phenoxy) is 1. The number of hydrogen-bond acceptors (Lipinski definition) is 6. The lowest BCUT2D eigenvalue weighted by molar-refractivity contribution is -0.116. The number of aromatic nitrogens is 1. The van der Waals surface area contributed by atoms with E-state index in [2.05, 4.69) is 20.9 Å². The molecule has 4 rings (SSSR count). The number of anilines is 1. The Bertz CT molecular complexity index is 1360. The van der Waals surface area contributed by atoms with Gasteiger partial charge in [-0.2, -0.15) is 0 Å². The van der Waals surface area contributed by atoms with Crippen LogP contribution < -0.4 is 16.0 Å². The molecular formula is C28H30Cl2N4O4S. The van der Waals surface area contributed by atoms with Crippen molar-refractivity contribution in [1.82, 2.24) is 15.6 Å². The minimum absolute atomic E-state index is 0.00976. The van der Waals surface area contributed by atoms with Crippen molar-refractivity contribution in [2.45, 2.75) is 64.1 Å². The first-order valence-electron chi connectivity index (χ1n) is 12.6. The van der Waals surface area contributed by atoms with E-state index >= 15 is 0 Å². The lowest BCUT2D eigenvalue weighted by Crippen LogP contribution is -2.38. The predicted octanol–water partition coefficient (Wildman–Crippen LogP) is 6.33. The third-order valence-corrected chi connectivity index (χ3v) is 7.76. The molecule has 39 heavy (non-hydrogen) atoms. The highest BCUT2D eigenvalue weighted by Gasteiger charge is 2.26. The van der Waals surface area contributed by atoms with Gasteiger partial charge in [-0.05, 0) is 57.4 Å². The summed E-state index contributed by atoms with van der Waals surface area (Å²) in [5, 5.41) is 9.94. The van der Waals surface area contributed by atoms with Crippen molar-refractivity contribution in [3.8, 4) is 0 Å². The van der Waals surface area contributed by atoms with Crippen LogP contribution in [0.1, 0.15) is 66.1 Å². The second-order valence-electron chi connectivity index (χ2n) is 10.3. The summed E-state index contributed by atoms with van der Waals surface area (Å²) in [6, 6.07) is 13.4. The van der Waals surface area contributed by atoms with E-state index in [0.717, 1.165) is 22.6 Å². The van der Waals surface area contributed by atoms with Crippen molar-refractivity contribution >= 4 is 57.6 Å². The van der Waals surface area contributed by atoms with Gasteiger partial charge in [0, 0.05) is 22.9 Å². The number of nitrogens with zero attached hydrogens (tertiary/aromatic N) is 1. The fourth-order valence-corrected chi connectivity index (χ4v) is 5.60. The van der Waals surface area contributed by atoms with Gasteiger partial charge < -0.3 is 20.7 Å². The Morgan fingerprint density at radius 1 is 1.10 bits per heavy atom. The summed E-state index contributed by atoms with van der Waals surface area (Å²) in [7, 11) is 0. The van der Waals surface area contributed by atoms with Crippen molar-refractivity contribution in [2.75, 3.05) is 5.32 Å². The zero-order valence-corrected chi connectivity index (χ0v) is 24.2. The van der Waals surface area contributed by atoms with Crippen molar-refractivity contribution in [3.05, 3.63) is 80.3 Å². The number of amides is 3. The van der Waals surface area contributed by atoms with E-state index in [1.165, 1.54) is 11.3 Å². The summed E-state index contributed by atoms with van der Waals surface area (Å²) in [5.74, 6) is -0.500. The molecule has 2 aromatic carbocycles. The quantitative estimate of drug-likeness (QED) is 0.298. The van der Waals surface area contributed by atoms with Gasteiger partial charge in [-0.25, -0.2) is 9.78 Å². The Kier molecular flexibility index (Phi) is 9.15. The molecule has 1 unspecified atom stereocenters. The van der Waals surface area contributed by atoms with E-state index in [-0.39, 0.29) is 24.3 Å². The molecule has 3 amide bonds. The van der Waals surface area contributed by atoms with E-state index in [1.54, 1.807) is 39.0 Å². The van der Waals surface area contributed by atoms with Gasteiger partial charge in [-0.3, -0.25) is 9.59 Å². The molecule has 11 heteroatoms. The van der Waals surface area contributed by atoms with Crippen molar-refractivity contribution in [1.29, 1.82) is 0 Å². The van der Waals surface area contributed by atoms with Gasteiger partial charge in [-0.1, -0.05) is 53.5 Å². The number of thiazole rings is 1. The Morgan fingerprint density at radius 3 is 2.54 bits per heavy atom. The Hall–Kier alpha value is -3.14. The van der Waals surface area contributed by atoms with Gasteiger partial charge in [0.25, 0.3) is 5.91 Å². The van der Waals surface area contributed by atoms with Crippen molar-refractivity contribution in [3.63, 3.8) is 0 Å². The summed E-state index contributed by atoms with van der Waals surface area (Å²) >= 11 is 13.4. The number of aryl methyl sites for hydroxylation is 1. The van der Waals surface area contributed by atoms with Crippen LogP contribution in [0.2, 0.25) is 10.0 Å². The summed E-state index contributed by atoms with van der Waals surface area (Å²) in [6.45, 7) is 5.35. The van der Waals surface area contributed by atoms with E-state index < -0.39 is 17.7 Å². The summed E-state index contributed by atoms with van der Waals surface area (Å²) in [4.78, 5) is 43.7. The van der Waals surface area contributed by atoms with Crippen LogP contribution in [0.25, 0.3) is 0 Å². The molecule has 0 saturated heterocycles. The molecule has 0 spiro atoms. The molecule has 0 fully saturated rings. The van der Waals surface area contributed by atoms with Crippen LogP contribution in [-0.4, -0.2) is 34.5 Å². The Balaban J connectivity index is 1.37. The zero-order valence-electron chi connectivity index (χ0n) is 21.8. The van der Waals surface area contributed by atoms with Crippen LogP contribution in [0.3, 0.4) is 0 Å². The van der Waals surface area contributed by atoms with Crippen LogP contribution >= 0.6 is 34.5 Å². The van der Waals surface area contributed by atoms with Crippen LogP contribution in [-0.2, 0) is 22.4 Å². The maximum absolute atomic E-state index is 13.0. The molecule has 0 aliphatic heterocycles. The van der Waals surface area contributed by atoms with Gasteiger partial charge in [-0.15, -0.1) is 11.3 Å². The van der Waals surface area contributed by atoms with Crippen LogP contribution in [0.15, 0.2) is 48.5 Å². The average Bonchev–Trinajstić information content (AvgIpc) is 3.26. The number of fused-ring (bicyclic) bond motifs is 1. The van der Waals surface area contributed by atoms with Gasteiger partial charge in [0.05, 0.1) is 28.2 Å². The Labute approximate surface area is 241 Å². The summed E-state index contributed by atoms with van der Waals surface area (Å²) < 4.78 is 5.39. The number of carbonyl (C=O) groups excluding carboxylic acids is 3. The van der Waals surface area contributed by atoms with Gasteiger partial charge >= 0.3 is 6.09 Å². The largest absolute Gasteiger partial charge is 0.444 e. The molecule has 1 heterocycles. The van der Waals surface area contributed by atoms with Crippen LogP contribution in [0.4, 0.5) is 9.93 Å². The Morgan fingerprint density at radius 2 is 1.85 bits per heavy atom. The summed E-state index contributed by atoms with van der Waals surface area (Å²) in [5.41, 5.74) is 1.49. The molecule has 1 aliphatic carbocycles. The van der Waals surface area contributed by atoms with E-state index in [0.29, 0.717) is 33.6 Å². The number of nitrogens with one attached hydrogen (secondary N) is 3. The number of rotatable bonds is 7. The molecule has 0 bridgehead atoms. The molecule has 1 aliphatic rings.